The highest BCUT2D eigenvalue weighted by Crippen LogP contribution is 2.33. The Balaban J connectivity index is 1.62. The molecule has 0 unspecified atom stereocenters. The molecule has 0 aromatic heterocycles. The normalized spacial score (nSPS) is 13.6. The number of Topliss-reactive ketones (excluding diaryl/α,β-unsaturated/α-hetero) is 1. The summed E-state index contributed by atoms with van der Waals surface area (Å²) in [5.74, 6) is -0.149. The molecular formula is C18H14F3NO4. The van der Waals surface area contributed by atoms with Crippen LogP contribution in [-0.2, 0) is 11.0 Å². The Labute approximate surface area is 146 Å². The molecule has 0 saturated heterocycles. The van der Waals surface area contributed by atoms with Crippen molar-refractivity contribution in [3.63, 3.8) is 0 Å². The monoisotopic (exact) mass is 365 g/mol. The van der Waals surface area contributed by atoms with Gasteiger partial charge in [-0.05, 0) is 36.4 Å². The highest BCUT2D eigenvalue weighted by Gasteiger charge is 2.30. The van der Waals surface area contributed by atoms with E-state index in [9.17, 15) is 22.8 Å². The molecule has 2 aromatic rings. The third kappa shape index (κ3) is 3.96. The number of fused-ring (bicyclic) bond motifs is 1. The average Bonchev–Trinajstić information content (AvgIpc) is 2.60. The zero-order valence-corrected chi connectivity index (χ0v) is 13.4. The van der Waals surface area contributed by atoms with Crippen LogP contribution in [0.5, 0.6) is 11.5 Å². The maximum absolute atomic E-state index is 12.5. The van der Waals surface area contributed by atoms with E-state index in [1.54, 1.807) is 18.2 Å². The topological polar surface area (TPSA) is 64.6 Å². The van der Waals surface area contributed by atoms with Gasteiger partial charge in [-0.15, -0.1) is 0 Å². The minimum atomic E-state index is -4.43. The maximum Gasteiger partial charge on any atom is 0.416 e. The summed E-state index contributed by atoms with van der Waals surface area (Å²) >= 11 is 0. The van der Waals surface area contributed by atoms with Gasteiger partial charge >= 0.3 is 6.18 Å². The number of ketones is 1. The number of hydrogen-bond acceptors (Lipinski definition) is 4. The summed E-state index contributed by atoms with van der Waals surface area (Å²) < 4.78 is 48.1. The van der Waals surface area contributed by atoms with Crippen molar-refractivity contribution in [1.29, 1.82) is 0 Å². The maximum atomic E-state index is 12.5. The van der Waals surface area contributed by atoms with E-state index < -0.39 is 24.3 Å². The van der Waals surface area contributed by atoms with Crippen molar-refractivity contribution in [2.75, 3.05) is 18.5 Å². The molecule has 26 heavy (non-hydrogen) atoms. The van der Waals surface area contributed by atoms with Crippen LogP contribution in [0.25, 0.3) is 0 Å². The molecule has 0 spiro atoms. The third-order valence-corrected chi connectivity index (χ3v) is 3.72. The number of rotatable bonds is 4. The van der Waals surface area contributed by atoms with Crippen LogP contribution in [0.1, 0.15) is 22.3 Å². The van der Waals surface area contributed by atoms with Gasteiger partial charge in [-0.1, -0.05) is 6.07 Å². The zero-order chi connectivity index (χ0) is 18.7. The van der Waals surface area contributed by atoms with Gasteiger partial charge in [-0.2, -0.15) is 13.2 Å². The Kier molecular flexibility index (Phi) is 4.83. The fraction of sp³-hybridized carbons (Fsp3) is 0.222. The number of amides is 1. The number of halogens is 3. The minimum absolute atomic E-state index is 0.0663. The first-order valence-corrected chi connectivity index (χ1v) is 7.73. The lowest BCUT2D eigenvalue weighted by Crippen LogP contribution is -2.22. The van der Waals surface area contributed by atoms with Crippen molar-refractivity contribution in [1.82, 2.24) is 0 Å². The number of carbonyl (C=O) groups excluding carboxylic acids is 2. The van der Waals surface area contributed by atoms with Gasteiger partial charge in [-0.25, -0.2) is 0 Å². The number of ether oxygens (including phenoxy) is 2. The molecule has 1 N–H and O–H groups in total. The molecule has 3 rings (SSSR count). The molecule has 1 amide bonds. The quantitative estimate of drug-likeness (QED) is 0.898. The first kappa shape index (κ1) is 17.8. The SMILES string of the molecule is O=C(COc1ccc(C(F)(F)F)cc1)Nc1cccc2c1OCCC2=O. The van der Waals surface area contributed by atoms with Crippen LogP contribution in [0.4, 0.5) is 18.9 Å². The van der Waals surface area contributed by atoms with Crippen LogP contribution in [0.15, 0.2) is 42.5 Å². The predicted molar refractivity (Wildman–Crippen MR) is 86.5 cm³/mol. The third-order valence-electron chi connectivity index (χ3n) is 3.72. The Bertz CT molecular complexity index is 831. The van der Waals surface area contributed by atoms with E-state index in [0.717, 1.165) is 24.3 Å². The second kappa shape index (κ2) is 7.07. The molecule has 1 aliphatic heterocycles. The number of alkyl halides is 3. The standard InChI is InChI=1S/C18H14F3NO4/c19-18(20,21)11-4-6-12(7-5-11)26-10-16(24)22-14-3-1-2-13-15(23)8-9-25-17(13)14/h1-7H,8-10H2,(H,22,24). The average molecular weight is 365 g/mol. The van der Waals surface area contributed by atoms with Gasteiger partial charge in [0.15, 0.2) is 18.1 Å². The molecular weight excluding hydrogens is 351 g/mol. The fourth-order valence-corrected chi connectivity index (χ4v) is 2.47. The minimum Gasteiger partial charge on any atom is -0.490 e. The Morgan fingerprint density at radius 2 is 1.88 bits per heavy atom. The first-order valence-electron chi connectivity index (χ1n) is 7.73. The number of benzene rings is 2. The van der Waals surface area contributed by atoms with E-state index in [2.05, 4.69) is 5.32 Å². The molecule has 136 valence electrons. The molecule has 0 bridgehead atoms. The van der Waals surface area contributed by atoms with Gasteiger partial charge < -0.3 is 14.8 Å². The lowest BCUT2D eigenvalue weighted by molar-refractivity contribution is -0.137. The van der Waals surface area contributed by atoms with Gasteiger partial charge in [0.25, 0.3) is 5.91 Å². The van der Waals surface area contributed by atoms with Crippen LogP contribution >= 0.6 is 0 Å². The summed E-state index contributed by atoms with van der Waals surface area (Å²) in [4.78, 5) is 23.9. The molecule has 8 heteroatoms. The fourth-order valence-electron chi connectivity index (χ4n) is 2.47. The van der Waals surface area contributed by atoms with Gasteiger partial charge in [0.1, 0.15) is 5.75 Å². The van der Waals surface area contributed by atoms with Gasteiger partial charge in [0, 0.05) is 6.42 Å². The molecule has 0 aliphatic carbocycles. The molecule has 0 atom stereocenters. The Morgan fingerprint density at radius 1 is 1.15 bits per heavy atom. The van der Waals surface area contributed by atoms with Crippen molar-refractivity contribution in [3.05, 3.63) is 53.6 Å². The predicted octanol–water partition coefficient (Wildman–Crippen LogP) is 3.69. The van der Waals surface area contributed by atoms with Crippen LogP contribution in [-0.4, -0.2) is 24.9 Å². The second-order valence-corrected chi connectivity index (χ2v) is 5.56. The van der Waals surface area contributed by atoms with Crippen molar-refractivity contribution in [3.8, 4) is 11.5 Å². The number of anilines is 1. The van der Waals surface area contributed by atoms with Crippen LogP contribution < -0.4 is 14.8 Å². The smallest absolute Gasteiger partial charge is 0.416 e. The molecule has 0 saturated carbocycles. The Hall–Kier alpha value is -3.03. The van der Waals surface area contributed by atoms with E-state index in [1.165, 1.54) is 0 Å². The number of carbonyl (C=O) groups is 2. The van der Waals surface area contributed by atoms with E-state index in [0.29, 0.717) is 17.0 Å². The molecule has 2 aromatic carbocycles. The summed E-state index contributed by atoms with van der Waals surface area (Å²) in [6, 6.07) is 8.86. The largest absolute Gasteiger partial charge is 0.490 e. The van der Waals surface area contributed by atoms with Crippen molar-refractivity contribution in [2.24, 2.45) is 0 Å². The van der Waals surface area contributed by atoms with Gasteiger partial charge in [-0.3, -0.25) is 9.59 Å². The summed E-state index contributed by atoms with van der Waals surface area (Å²) in [6.07, 6.45) is -4.15. The van der Waals surface area contributed by atoms with Gasteiger partial charge in [0.05, 0.1) is 23.4 Å². The zero-order valence-electron chi connectivity index (χ0n) is 13.4. The van der Waals surface area contributed by atoms with E-state index in [4.69, 9.17) is 9.47 Å². The van der Waals surface area contributed by atoms with Crippen molar-refractivity contribution < 1.29 is 32.2 Å². The highest BCUT2D eigenvalue weighted by molar-refractivity contribution is 6.03. The lowest BCUT2D eigenvalue weighted by Gasteiger charge is -2.19. The van der Waals surface area contributed by atoms with Crippen LogP contribution in [0.3, 0.4) is 0 Å². The summed E-state index contributed by atoms with van der Waals surface area (Å²) in [5.41, 5.74) is -0.0543. The highest BCUT2D eigenvalue weighted by atomic mass is 19.4. The van der Waals surface area contributed by atoms with Crippen LogP contribution in [0, 0.1) is 0 Å². The molecule has 5 nitrogen and oxygen atoms in total. The summed E-state index contributed by atoms with van der Waals surface area (Å²) in [7, 11) is 0. The first-order chi connectivity index (χ1) is 12.3. The van der Waals surface area contributed by atoms with E-state index in [1.807, 2.05) is 0 Å². The number of hydrogen-bond donors (Lipinski definition) is 1. The van der Waals surface area contributed by atoms with Gasteiger partial charge in [0.2, 0.25) is 0 Å². The van der Waals surface area contributed by atoms with Crippen molar-refractivity contribution >= 4 is 17.4 Å². The second-order valence-electron chi connectivity index (χ2n) is 5.56. The Morgan fingerprint density at radius 3 is 2.58 bits per heavy atom. The summed E-state index contributed by atoms with van der Waals surface area (Å²) in [6.45, 7) is -0.163. The van der Waals surface area contributed by atoms with Crippen molar-refractivity contribution in [2.45, 2.75) is 12.6 Å². The number of nitrogens with one attached hydrogen (secondary N) is 1. The summed E-state index contributed by atoms with van der Waals surface area (Å²) in [5, 5.41) is 2.58. The van der Waals surface area contributed by atoms with E-state index >= 15 is 0 Å². The molecule has 1 heterocycles. The molecule has 1 aliphatic rings. The molecule has 0 fully saturated rings. The lowest BCUT2D eigenvalue weighted by atomic mass is 10.0. The molecule has 0 radical (unpaired) electrons. The van der Waals surface area contributed by atoms with Crippen LogP contribution in [0.2, 0.25) is 0 Å². The number of para-hydroxylation sites is 1. The van der Waals surface area contributed by atoms with E-state index in [-0.39, 0.29) is 24.6 Å².